The van der Waals surface area contributed by atoms with Crippen LogP contribution in [0.4, 0.5) is 0 Å². The third-order valence-corrected chi connectivity index (χ3v) is 4.56. The van der Waals surface area contributed by atoms with Crippen LogP contribution in [0.25, 0.3) is 0 Å². The Morgan fingerprint density at radius 2 is 1.30 bits per heavy atom. The fourth-order valence-corrected chi connectivity index (χ4v) is 3.08. The Kier molecular flexibility index (Phi) is 9.78. The van der Waals surface area contributed by atoms with Crippen molar-refractivity contribution in [1.29, 1.82) is 0 Å². The lowest BCUT2D eigenvalue weighted by molar-refractivity contribution is -0.154. The van der Waals surface area contributed by atoms with Gasteiger partial charge in [-0.25, -0.2) is 0 Å². The van der Waals surface area contributed by atoms with Crippen molar-refractivity contribution in [3.8, 4) is 0 Å². The molecule has 0 aliphatic carbocycles. The minimum Gasteiger partial charge on any atom is -0.462 e. The summed E-state index contributed by atoms with van der Waals surface area (Å²) < 4.78 is 5.62. The van der Waals surface area contributed by atoms with Gasteiger partial charge in [0.1, 0.15) is 0 Å². The molecule has 0 N–H and O–H groups in total. The molecular formula is C18H34O2. The maximum absolute atomic E-state index is 12.1. The summed E-state index contributed by atoms with van der Waals surface area (Å²) in [6.45, 7) is 4.16. The zero-order chi connectivity index (χ0) is 14.6. The zero-order valence-corrected chi connectivity index (χ0v) is 13.7. The maximum Gasteiger partial charge on any atom is 0.309 e. The summed E-state index contributed by atoms with van der Waals surface area (Å²) >= 11 is 0. The Balaban J connectivity index is 2.39. The van der Waals surface area contributed by atoms with Crippen LogP contribution in [0, 0.1) is 5.92 Å². The van der Waals surface area contributed by atoms with E-state index in [1.54, 1.807) is 0 Å². The van der Waals surface area contributed by atoms with Gasteiger partial charge in [0.2, 0.25) is 0 Å². The Hall–Kier alpha value is -0.530. The van der Waals surface area contributed by atoms with Gasteiger partial charge in [-0.2, -0.15) is 0 Å². The molecule has 1 heterocycles. The fraction of sp³-hybridized carbons (Fsp3) is 0.944. The average molecular weight is 282 g/mol. The van der Waals surface area contributed by atoms with E-state index in [1.807, 2.05) is 6.92 Å². The van der Waals surface area contributed by atoms with Gasteiger partial charge in [0.05, 0.1) is 12.0 Å². The summed E-state index contributed by atoms with van der Waals surface area (Å²) in [4.78, 5) is 12.1. The third kappa shape index (κ3) is 7.91. The molecule has 0 aromatic carbocycles. The minimum atomic E-state index is 0.0482. The van der Waals surface area contributed by atoms with Gasteiger partial charge in [0.25, 0.3) is 0 Å². The van der Waals surface area contributed by atoms with E-state index in [0.29, 0.717) is 0 Å². The molecule has 2 heteroatoms. The molecule has 0 aromatic rings. The lowest BCUT2D eigenvalue weighted by atomic mass is 9.97. The van der Waals surface area contributed by atoms with Crippen LogP contribution in [0.5, 0.6) is 0 Å². The van der Waals surface area contributed by atoms with Gasteiger partial charge in [-0.3, -0.25) is 4.79 Å². The number of carbonyl (C=O) groups excluding carboxylic acids is 1. The zero-order valence-electron chi connectivity index (χ0n) is 13.7. The first kappa shape index (κ1) is 17.5. The molecule has 2 nitrogen and oxygen atoms in total. The van der Waals surface area contributed by atoms with Gasteiger partial charge >= 0.3 is 5.97 Å². The van der Waals surface area contributed by atoms with E-state index in [2.05, 4.69) is 6.92 Å². The summed E-state index contributed by atoms with van der Waals surface area (Å²) in [6.07, 6.45) is 16.3. The highest BCUT2D eigenvalue weighted by Crippen LogP contribution is 2.19. The Bertz CT molecular complexity index is 250. The molecule has 0 aromatic heterocycles. The van der Waals surface area contributed by atoms with Crippen molar-refractivity contribution in [1.82, 2.24) is 0 Å². The first-order chi connectivity index (χ1) is 9.74. The number of esters is 1. The van der Waals surface area contributed by atoms with Crippen LogP contribution in [-0.4, -0.2) is 12.1 Å². The van der Waals surface area contributed by atoms with Crippen molar-refractivity contribution in [2.75, 3.05) is 0 Å². The molecule has 0 saturated carbocycles. The average Bonchev–Trinajstić information content (AvgIpc) is 2.42. The molecule has 0 bridgehead atoms. The number of hydrogen-bond acceptors (Lipinski definition) is 2. The van der Waals surface area contributed by atoms with Crippen molar-refractivity contribution in [3.63, 3.8) is 0 Å². The van der Waals surface area contributed by atoms with E-state index < -0.39 is 0 Å². The second-order valence-corrected chi connectivity index (χ2v) is 6.47. The van der Waals surface area contributed by atoms with E-state index in [-0.39, 0.29) is 18.0 Å². The van der Waals surface area contributed by atoms with Gasteiger partial charge in [-0.15, -0.1) is 0 Å². The molecule has 0 spiro atoms. The Labute approximate surface area is 125 Å². The minimum absolute atomic E-state index is 0.0482. The quantitative estimate of drug-likeness (QED) is 0.582. The van der Waals surface area contributed by atoms with Crippen LogP contribution in [0.15, 0.2) is 0 Å². The van der Waals surface area contributed by atoms with Crippen molar-refractivity contribution in [2.24, 2.45) is 5.92 Å². The van der Waals surface area contributed by atoms with Crippen LogP contribution in [0.2, 0.25) is 0 Å². The van der Waals surface area contributed by atoms with Gasteiger partial charge in [0.15, 0.2) is 0 Å². The monoisotopic (exact) mass is 282 g/mol. The molecule has 1 rings (SSSR count). The summed E-state index contributed by atoms with van der Waals surface area (Å²) in [5.74, 6) is 0.178. The number of ether oxygens (including phenoxy) is 1. The largest absolute Gasteiger partial charge is 0.462 e. The molecule has 1 aliphatic rings. The van der Waals surface area contributed by atoms with E-state index >= 15 is 0 Å². The lowest BCUT2D eigenvalue weighted by Gasteiger charge is -2.19. The van der Waals surface area contributed by atoms with Gasteiger partial charge in [-0.1, -0.05) is 64.7 Å². The fourth-order valence-electron chi connectivity index (χ4n) is 3.08. The van der Waals surface area contributed by atoms with Gasteiger partial charge in [-0.05, 0) is 32.6 Å². The van der Waals surface area contributed by atoms with Gasteiger partial charge < -0.3 is 4.74 Å². The van der Waals surface area contributed by atoms with E-state index in [9.17, 15) is 4.79 Å². The number of hydrogen-bond donors (Lipinski definition) is 0. The van der Waals surface area contributed by atoms with Crippen LogP contribution < -0.4 is 0 Å². The topological polar surface area (TPSA) is 26.3 Å². The maximum atomic E-state index is 12.1. The summed E-state index contributed by atoms with van der Waals surface area (Å²) in [5, 5.41) is 0. The molecule has 1 fully saturated rings. The van der Waals surface area contributed by atoms with Gasteiger partial charge in [0, 0.05) is 0 Å². The third-order valence-electron chi connectivity index (χ3n) is 4.56. The standard InChI is InChI=1S/C18H34O2/c1-3-17-15-13-11-9-7-5-4-6-8-10-12-14-16(2)20-18(17)19/h16-17H,3-15H2,1-2H3. The molecule has 0 amide bonds. The van der Waals surface area contributed by atoms with Crippen molar-refractivity contribution in [3.05, 3.63) is 0 Å². The first-order valence-electron chi connectivity index (χ1n) is 8.94. The molecule has 118 valence electrons. The van der Waals surface area contributed by atoms with Crippen LogP contribution >= 0.6 is 0 Å². The summed E-state index contributed by atoms with van der Waals surface area (Å²) in [6, 6.07) is 0. The molecular weight excluding hydrogens is 248 g/mol. The lowest BCUT2D eigenvalue weighted by Crippen LogP contribution is -2.22. The number of rotatable bonds is 1. The number of cyclic esters (lactones) is 1. The SMILES string of the molecule is CCC1CCCCCCCCCCCCC(C)OC1=O. The van der Waals surface area contributed by atoms with Crippen LogP contribution in [0.1, 0.15) is 97.3 Å². The van der Waals surface area contributed by atoms with Crippen molar-refractivity contribution in [2.45, 2.75) is 103 Å². The second kappa shape index (κ2) is 11.2. The highest BCUT2D eigenvalue weighted by Gasteiger charge is 2.19. The van der Waals surface area contributed by atoms with E-state index in [1.165, 1.54) is 64.2 Å². The number of carbonyl (C=O) groups is 1. The predicted molar refractivity (Wildman–Crippen MR) is 84.7 cm³/mol. The molecule has 2 unspecified atom stereocenters. The second-order valence-electron chi connectivity index (χ2n) is 6.47. The van der Waals surface area contributed by atoms with E-state index in [0.717, 1.165) is 19.3 Å². The van der Waals surface area contributed by atoms with Crippen LogP contribution in [-0.2, 0) is 9.53 Å². The van der Waals surface area contributed by atoms with E-state index in [4.69, 9.17) is 4.74 Å². The highest BCUT2D eigenvalue weighted by molar-refractivity contribution is 5.72. The molecule has 20 heavy (non-hydrogen) atoms. The predicted octanol–water partition coefficient (Wildman–Crippen LogP) is 5.64. The first-order valence-corrected chi connectivity index (χ1v) is 8.94. The highest BCUT2D eigenvalue weighted by atomic mass is 16.5. The van der Waals surface area contributed by atoms with Crippen LogP contribution in [0.3, 0.4) is 0 Å². The smallest absolute Gasteiger partial charge is 0.309 e. The normalized spacial score (nSPS) is 28.8. The summed E-state index contributed by atoms with van der Waals surface area (Å²) in [7, 11) is 0. The van der Waals surface area contributed by atoms with Crippen molar-refractivity contribution >= 4 is 5.97 Å². The van der Waals surface area contributed by atoms with Crippen molar-refractivity contribution < 1.29 is 9.53 Å². The molecule has 1 aliphatic heterocycles. The Morgan fingerprint density at radius 1 is 0.850 bits per heavy atom. The molecule has 2 atom stereocenters. The Morgan fingerprint density at radius 3 is 1.80 bits per heavy atom. The molecule has 1 saturated heterocycles. The summed E-state index contributed by atoms with van der Waals surface area (Å²) in [5.41, 5.74) is 0. The molecule has 0 radical (unpaired) electrons.